The van der Waals surface area contributed by atoms with E-state index in [9.17, 15) is 10.1 Å². The number of nitrogens with one attached hydrogen (secondary N) is 1. The van der Waals surface area contributed by atoms with Gasteiger partial charge < -0.3 is 5.32 Å². The second-order valence-electron chi connectivity index (χ2n) is 4.19. The number of aromatic nitrogens is 2. The Hall–Kier alpha value is -2.08. The molecular weight excluding hydrogens is 268 g/mol. The molecule has 0 amide bonds. The van der Waals surface area contributed by atoms with Crippen molar-refractivity contribution in [2.75, 3.05) is 5.32 Å². The van der Waals surface area contributed by atoms with Gasteiger partial charge >= 0.3 is 0 Å². The number of hydrogen-bond donors (Lipinski definition) is 1. The Morgan fingerprint density at radius 2 is 2.26 bits per heavy atom. The molecule has 0 unspecified atom stereocenters. The summed E-state index contributed by atoms with van der Waals surface area (Å²) in [7, 11) is 1.86. The van der Waals surface area contributed by atoms with Gasteiger partial charge in [-0.25, -0.2) is 0 Å². The summed E-state index contributed by atoms with van der Waals surface area (Å²) in [5.41, 5.74) is 2.66. The number of hydrogen-bond acceptors (Lipinski definition) is 4. The fourth-order valence-corrected chi connectivity index (χ4v) is 2.03. The minimum Gasteiger partial charge on any atom is -0.381 e. The zero-order valence-corrected chi connectivity index (χ0v) is 11.3. The smallest absolute Gasteiger partial charge is 0.288 e. The summed E-state index contributed by atoms with van der Waals surface area (Å²) in [4.78, 5) is 10.1. The maximum absolute atomic E-state index is 10.6. The molecule has 0 aliphatic heterocycles. The van der Waals surface area contributed by atoms with Crippen molar-refractivity contribution >= 4 is 23.0 Å². The van der Waals surface area contributed by atoms with Crippen LogP contribution >= 0.6 is 11.6 Å². The van der Waals surface area contributed by atoms with Crippen molar-refractivity contribution in [3.63, 3.8) is 0 Å². The van der Waals surface area contributed by atoms with Gasteiger partial charge in [-0.2, -0.15) is 5.10 Å². The third kappa shape index (κ3) is 3.03. The molecule has 0 spiro atoms. The van der Waals surface area contributed by atoms with Crippen LogP contribution in [-0.2, 0) is 13.6 Å². The maximum Gasteiger partial charge on any atom is 0.288 e. The van der Waals surface area contributed by atoms with Crippen molar-refractivity contribution in [2.45, 2.75) is 13.5 Å². The topological polar surface area (TPSA) is 73.0 Å². The van der Waals surface area contributed by atoms with Gasteiger partial charge in [0.05, 0.1) is 10.6 Å². The quantitative estimate of drug-likeness (QED) is 0.690. The van der Waals surface area contributed by atoms with Crippen LogP contribution in [0.4, 0.5) is 11.4 Å². The van der Waals surface area contributed by atoms with Crippen molar-refractivity contribution < 1.29 is 4.92 Å². The van der Waals surface area contributed by atoms with Crippen LogP contribution in [0.2, 0.25) is 5.02 Å². The van der Waals surface area contributed by atoms with Crippen LogP contribution in [0.3, 0.4) is 0 Å². The van der Waals surface area contributed by atoms with E-state index >= 15 is 0 Å². The lowest BCUT2D eigenvalue weighted by Crippen LogP contribution is -2.00. The molecule has 0 bridgehead atoms. The molecule has 100 valence electrons. The average Bonchev–Trinajstić information content (AvgIpc) is 2.65. The summed E-state index contributed by atoms with van der Waals surface area (Å²) < 4.78 is 1.75. The monoisotopic (exact) mass is 280 g/mol. The van der Waals surface area contributed by atoms with Crippen molar-refractivity contribution in [3.8, 4) is 0 Å². The number of benzene rings is 1. The van der Waals surface area contributed by atoms with E-state index in [4.69, 9.17) is 11.6 Å². The van der Waals surface area contributed by atoms with Crippen LogP contribution in [0.5, 0.6) is 0 Å². The number of nitrogens with zero attached hydrogens (tertiary/aromatic N) is 3. The molecule has 6 nitrogen and oxygen atoms in total. The molecule has 1 N–H and O–H groups in total. The van der Waals surface area contributed by atoms with Gasteiger partial charge in [-0.1, -0.05) is 11.6 Å². The highest BCUT2D eigenvalue weighted by Gasteiger charge is 2.12. The van der Waals surface area contributed by atoms with E-state index in [2.05, 4.69) is 10.4 Å². The van der Waals surface area contributed by atoms with E-state index in [1.54, 1.807) is 16.8 Å². The zero-order chi connectivity index (χ0) is 14.0. The summed E-state index contributed by atoms with van der Waals surface area (Å²) in [5.74, 6) is 0. The van der Waals surface area contributed by atoms with E-state index in [-0.39, 0.29) is 10.7 Å². The Kier molecular flexibility index (Phi) is 3.71. The summed E-state index contributed by atoms with van der Waals surface area (Å²) in [5, 5.41) is 18.2. The van der Waals surface area contributed by atoms with Crippen molar-refractivity contribution in [2.24, 2.45) is 7.05 Å². The molecule has 2 aromatic rings. The summed E-state index contributed by atoms with van der Waals surface area (Å²) in [6.45, 7) is 2.52. The molecule has 0 aliphatic rings. The maximum atomic E-state index is 10.6. The summed E-state index contributed by atoms with van der Waals surface area (Å²) in [6.07, 6.45) is 1.93. The lowest BCUT2D eigenvalue weighted by molar-refractivity contribution is -0.384. The largest absolute Gasteiger partial charge is 0.381 e. The average molecular weight is 281 g/mol. The van der Waals surface area contributed by atoms with Gasteiger partial charge in [0.2, 0.25) is 0 Å². The fourth-order valence-electron chi connectivity index (χ4n) is 1.78. The van der Waals surface area contributed by atoms with Crippen LogP contribution in [0.15, 0.2) is 24.4 Å². The molecule has 0 atom stereocenters. The number of rotatable bonds is 4. The van der Waals surface area contributed by atoms with Gasteiger partial charge in [0.1, 0.15) is 5.02 Å². The van der Waals surface area contributed by atoms with Gasteiger partial charge in [0.25, 0.3) is 5.69 Å². The molecular formula is C12H13ClN4O2. The van der Waals surface area contributed by atoms with E-state index in [1.165, 1.54) is 6.07 Å². The minimum absolute atomic E-state index is 0.0928. The van der Waals surface area contributed by atoms with Gasteiger partial charge in [-0.15, -0.1) is 0 Å². The van der Waals surface area contributed by atoms with E-state index in [0.717, 1.165) is 16.9 Å². The molecule has 0 aliphatic carbocycles. The summed E-state index contributed by atoms with van der Waals surface area (Å²) in [6, 6.07) is 4.57. The molecule has 2 rings (SSSR count). The SMILES string of the molecule is Cc1nn(C)cc1CNc1ccc([N+](=O)[O-])c(Cl)c1. The fraction of sp³-hybridized carbons (Fsp3) is 0.250. The van der Waals surface area contributed by atoms with Crippen LogP contribution in [0, 0.1) is 17.0 Å². The van der Waals surface area contributed by atoms with E-state index < -0.39 is 4.92 Å². The highest BCUT2D eigenvalue weighted by molar-refractivity contribution is 6.32. The molecule has 1 aromatic carbocycles. The molecule has 0 fully saturated rings. The first-order valence-electron chi connectivity index (χ1n) is 5.64. The first-order valence-corrected chi connectivity index (χ1v) is 6.02. The third-order valence-electron chi connectivity index (χ3n) is 2.74. The Balaban J connectivity index is 2.10. The molecule has 1 aromatic heterocycles. The Labute approximate surface area is 115 Å². The number of aryl methyl sites for hydroxylation is 2. The zero-order valence-electron chi connectivity index (χ0n) is 10.6. The van der Waals surface area contributed by atoms with E-state index in [0.29, 0.717) is 6.54 Å². The van der Waals surface area contributed by atoms with Crippen LogP contribution in [-0.4, -0.2) is 14.7 Å². The highest BCUT2D eigenvalue weighted by Crippen LogP contribution is 2.27. The van der Waals surface area contributed by atoms with E-state index in [1.807, 2.05) is 20.2 Å². The number of halogens is 1. The van der Waals surface area contributed by atoms with Gasteiger partial charge in [0, 0.05) is 37.1 Å². The number of anilines is 1. The van der Waals surface area contributed by atoms with Crippen molar-refractivity contribution in [1.29, 1.82) is 0 Å². The third-order valence-corrected chi connectivity index (χ3v) is 3.05. The van der Waals surface area contributed by atoms with Crippen molar-refractivity contribution in [3.05, 3.63) is 50.8 Å². The first-order chi connectivity index (χ1) is 8.97. The molecule has 0 saturated carbocycles. The molecule has 19 heavy (non-hydrogen) atoms. The normalized spacial score (nSPS) is 10.5. The van der Waals surface area contributed by atoms with Gasteiger partial charge in [-0.05, 0) is 19.1 Å². The van der Waals surface area contributed by atoms with Crippen LogP contribution in [0.1, 0.15) is 11.3 Å². The van der Waals surface area contributed by atoms with Gasteiger partial charge in [-0.3, -0.25) is 14.8 Å². The predicted octanol–water partition coefficient (Wildman–Crippen LogP) is 2.90. The van der Waals surface area contributed by atoms with Crippen molar-refractivity contribution in [1.82, 2.24) is 9.78 Å². The summed E-state index contributed by atoms with van der Waals surface area (Å²) >= 11 is 5.84. The molecule has 1 heterocycles. The predicted molar refractivity (Wildman–Crippen MR) is 73.4 cm³/mol. The Morgan fingerprint density at radius 3 is 2.79 bits per heavy atom. The molecule has 7 heteroatoms. The van der Waals surface area contributed by atoms with Gasteiger partial charge in [0.15, 0.2) is 0 Å². The molecule has 0 radical (unpaired) electrons. The number of nitro benzene ring substituents is 1. The lowest BCUT2D eigenvalue weighted by Gasteiger charge is -2.06. The first kappa shape index (κ1) is 13.4. The number of nitro groups is 1. The lowest BCUT2D eigenvalue weighted by atomic mass is 10.2. The second-order valence-corrected chi connectivity index (χ2v) is 4.60. The standard InChI is InChI=1S/C12H13ClN4O2/c1-8-9(7-16(2)15-8)6-14-10-3-4-12(17(18)19)11(13)5-10/h3-5,7,14H,6H2,1-2H3. The molecule has 0 saturated heterocycles. The minimum atomic E-state index is -0.503. The van der Waals surface area contributed by atoms with Crippen LogP contribution in [0.25, 0.3) is 0 Å². The highest BCUT2D eigenvalue weighted by atomic mass is 35.5. The Morgan fingerprint density at radius 1 is 1.53 bits per heavy atom. The van der Waals surface area contributed by atoms with Crippen LogP contribution < -0.4 is 5.32 Å². The Bertz CT molecular complexity index is 624. The second kappa shape index (κ2) is 5.27.